The maximum absolute atomic E-state index is 12.3. The molecule has 0 fully saturated rings. The predicted octanol–water partition coefficient (Wildman–Crippen LogP) is 2.74. The molecule has 0 bridgehead atoms. The van der Waals surface area contributed by atoms with Crippen molar-refractivity contribution in [2.45, 2.75) is 25.7 Å². The van der Waals surface area contributed by atoms with Crippen molar-refractivity contribution in [1.29, 1.82) is 0 Å². The number of aliphatic hydroxyl groups is 1. The molecule has 0 amide bonds. The number of benzene rings is 1. The average Bonchev–Trinajstić information content (AvgIpc) is 2.26. The van der Waals surface area contributed by atoms with E-state index in [1.807, 2.05) is 0 Å². The molecule has 0 radical (unpaired) electrons. The molecule has 0 spiro atoms. The number of aliphatic hydroxyl groups excluding tert-OH is 1. The number of halogens is 3. The maximum atomic E-state index is 12.3. The lowest BCUT2D eigenvalue weighted by atomic mass is 10.1. The molecule has 0 aliphatic carbocycles. The van der Waals surface area contributed by atoms with Crippen molar-refractivity contribution >= 4 is 0 Å². The Bertz CT molecular complexity index is 419. The van der Waals surface area contributed by atoms with Gasteiger partial charge in [-0.3, -0.25) is 4.90 Å². The van der Waals surface area contributed by atoms with E-state index in [0.717, 1.165) is 4.90 Å². The van der Waals surface area contributed by atoms with Gasteiger partial charge in [-0.2, -0.15) is 13.2 Å². The molecule has 1 rings (SSSR count). The molecule has 3 nitrogen and oxygen atoms in total. The fourth-order valence-corrected chi connectivity index (χ4v) is 1.83. The molecule has 6 heteroatoms. The Morgan fingerprint density at radius 2 is 2.00 bits per heavy atom. The first kappa shape index (κ1) is 15.8. The Morgan fingerprint density at radius 3 is 2.47 bits per heavy atom. The second-order valence-electron chi connectivity index (χ2n) is 4.53. The standard InChI is InChI=1S/C13H18F3NO2/c1-9(18)10-4-5-12(19-3)11(6-10)7-17(2)8-13(14,15)16/h4-6,9,18H,7-8H2,1-3H3. The van der Waals surface area contributed by atoms with Gasteiger partial charge in [0.2, 0.25) is 0 Å². The van der Waals surface area contributed by atoms with Gasteiger partial charge >= 0.3 is 6.18 Å². The number of hydrogen-bond acceptors (Lipinski definition) is 3. The summed E-state index contributed by atoms with van der Waals surface area (Å²) in [7, 11) is 2.85. The molecule has 1 N–H and O–H groups in total. The predicted molar refractivity (Wildman–Crippen MR) is 66.0 cm³/mol. The highest BCUT2D eigenvalue weighted by Crippen LogP contribution is 2.25. The lowest BCUT2D eigenvalue weighted by Gasteiger charge is -2.20. The summed E-state index contributed by atoms with van der Waals surface area (Å²) >= 11 is 0. The normalized spacial score (nSPS) is 13.7. The van der Waals surface area contributed by atoms with Crippen LogP contribution in [0, 0.1) is 0 Å². The van der Waals surface area contributed by atoms with Gasteiger partial charge in [0.25, 0.3) is 0 Å². The summed E-state index contributed by atoms with van der Waals surface area (Å²) in [5, 5.41) is 9.50. The van der Waals surface area contributed by atoms with Crippen LogP contribution in [-0.4, -0.2) is 36.9 Å². The van der Waals surface area contributed by atoms with Crippen LogP contribution < -0.4 is 4.74 Å². The minimum atomic E-state index is -4.23. The third kappa shape index (κ3) is 5.08. The molecule has 108 valence electrons. The highest BCUT2D eigenvalue weighted by molar-refractivity contribution is 5.38. The summed E-state index contributed by atoms with van der Waals surface area (Å²) in [6.07, 6.45) is -4.90. The lowest BCUT2D eigenvalue weighted by molar-refractivity contribution is -0.144. The minimum absolute atomic E-state index is 0.100. The van der Waals surface area contributed by atoms with Crippen LogP contribution >= 0.6 is 0 Å². The summed E-state index contributed by atoms with van der Waals surface area (Å²) in [5.41, 5.74) is 1.27. The first-order chi connectivity index (χ1) is 8.73. The Kier molecular flexibility index (Phi) is 5.20. The molecule has 0 aliphatic rings. The molecule has 0 saturated carbocycles. The number of rotatable bonds is 5. The monoisotopic (exact) mass is 277 g/mol. The smallest absolute Gasteiger partial charge is 0.401 e. The average molecular weight is 277 g/mol. The molecule has 1 atom stereocenters. The van der Waals surface area contributed by atoms with Crippen LogP contribution in [-0.2, 0) is 6.54 Å². The van der Waals surface area contributed by atoms with Crippen molar-refractivity contribution in [3.05, 3.63) is 29.3 Å². The van der Waals surface area contributed by atoms with Gasteiger partial charge in [0.05, 0.1) is 19.8 Å². The SMILES string of the molecule is COc1ccc(C(C)O)cc1CN(C)CC(F)(F)F. The van der Waals surface area contributed by atoms with E-state index >= 15 is 0 Å². The molecular formula is C13H18F3NO2. The number of hydrogen-bond donors (Lipinski definition) is 1. The van der Waals surface area contributed by atoms with Crippen molar-refractivity contribution in [1.82, 2.24) is 4.90 Å². The van der Waals surface area contributed by atoms with Crippen LogP contribution in [0.25, 0.3) is 0 Å². The van der Waals surface area contributed by atoms with E-state index in [9.17, 15) is 18.3 Å². The summed E-state index contributed by atoms with van der Waals surface area (Å²) < 4.78 is 42.0. The molecular weight excluding hydrogens is 259 g/mol. The van der Waals surface area contributed by atoms with E-state index in [0.29, 0.717) is 16.9 Å². The van der Waals surface area contributed by atoms with E-state index in [1.165, 1.54) is 14.2 Å². The van der Waals surface area contributed by atoms with Crippen LogP contribution in [0.2, 0.25) is 0 Å². The number of nitrogens with zero attached hydrogens (tertiary/aromatic N) is 1. The quantitative estimate of drug-likeness (QED) is 0.898. The fourth-order valence-electron chi connectivity index (χ4n) is 1.83. The van der Waals surface area contributed by atoms with E-state index in [-0.39, 0.29) is 6.54 Å². The fraction of sp³-hybridized carbons (Fsp3) is 0.538. The van der Waals surface area contributed by atoms with E-state index < -0.39 is 18.8 Å². The Balaban J connectivity index is 2.88. The minimum Gasteiger partial charge on any atom is -0.496 e. The van der Waals surface area contributed by atoms with Crippen LogP contribution in [0.3, 0.4) is 0 Å². The largest absolute Gasteiger partial charge is 0.496 e. The number of methoxy groups -OCH3 is 1. The molecule has 0 aliphatic heterocycles. The zero-order valence-corrected chi connectivity index (χ0v) is 11.2. The van der Waals surface area contributed by atoms with Crippen LogP contribution in [0.15, 0.2) is 18.2 Å². The van der Waals surface area contributed by atoms with Crippen LogP contribution in [0.4, 0.5) is 13.2 Å². The van der Waals surface area contributed by atoms with Crippen molar-refractivity contribution in [3.63, 3.8) is 0 Å². The van der Waals surface area contributed by atoms with Gasteiger partial charge in [0.15, 0.2) is 0 Å². The lowest BCUT2D eigenvalue weighted by Crippen LogP contribution is -2.30. The molecule has 0 aromatic heterocycles. The van der Waals surface area contributed by atoms with Gasteiger partial charge in [0.1, 0.15) is 5.75 Å². The highest BCUT2D eigenvalue weighted by Gasteiger charge is 2.29. The van der Waals surface area contributed by atoms with Crippen molar-refractivity contribution in [2.24, 2.45) is 0 Å². The zero-order chi connectivity index (χ0) is 14.6. The van der Waals surface area contributed by atoms with Gasteiger partial charge in [0, 0.05) is 12.1 Å². The van der Waals surface area contributed by atoms with Crippen LogP contribution in [0.5, 0.6) is 5.75 Å². The van der Waals surface area contributed by atoms with Gasteiger partial charge < -0.3 is 9.84 Å². The summed E-state index contributed by atoms with van der Waals surface area (Å²) in [4.78, 5) is 1.16. The molecule has 0 saturated heterocycles. The second kappa shape index (κ2) is 6.25. The van der Waals surface area contributed by atoms with Crippen molar-refractivity contribution in [2.75, 3.05) is 20.7 Å². The maximum Gasteiger partial charge on any atom is 0.401 e. The van der Waals surface area contributed by atoms with Gasteiger partial charge in [-0.05, 0) is 31.7 Å². The van der Waals surface area contributed by atoms with Crippen molar-refractivity contribution in [3.8, 4) is 5.75 Å². The number of ether oxygens (including phenoxy) is 1. The van der Waals surface area contributed by atoms with E-state index in [1.54, 1.807) is 25.1 Å². The van der Waals surface area contributed by atoms with Gasteiger partial charge in [-0.15, -0.1) is 0 Å². The molecule has 1 unspecified atom stereocenters. The van der Waals surface area contributed by atoms with Crippen LogP contribution in [0.1, 0.15) is 24.2 Å². The Hall–Kier alpha value is -1.27. The summed E-state index contributed by atoms with van der Waals surface area (Å²) in [5.74, 6) is 0.512. The Labute approximate surface area is 110 Å². The third-order valence-electron chi connectivity index (χ3n) is 2.68. The molecule has 0 heterocycles. The van der Waals surface area contributed by atoms with Crippen molar-refractivity contribution < 1.29 is 23.0 Å². The number of alkyl halides is 3. The summed E-state index contributed by atoms with van der Waals surface area (Å²) in [6.45, 7) is 0.712. The van der Waals surface area contributed by atoms with E-state index in [4.69, 9.17) is 4.74 Å². The highest BCUT2D eigenvalue weighted by atomic mass is 19.4. The first-order valence-electron chi connectivity index (χ1n) is 5.83. The zero-order valence-electron chi connectivity index (χ0n) is 11.2. The molecule has 1 aromatic rings. The topological polar surface area (TPSA) is 32.7 Å². The van der Waals surface area contributed by atoms with Gasteiger partial charge in [-0.1, -0.05) is 6.07 Å². The second-order valence-corrected chi connectivity index (χ2v) is 4.53. The first-order valence-corrected chi connectivity index (χ1v) is 5.83. The Morgan fingerprint density at radius 1 is 1.37 bits per heavy atom. The molecule has 1 aromatic carbocycles. The molecule has 19 heavy (non-hydrogen) atoms. The van der Waals surface area contributed by atoms with E-state index in [2.05, 4.69) is 0 Å². The van der Waals surface area contributed by atoms with Gasteiger partial charge in [-0.25, -0.2) is 0 Å². The third-order valence-corrected chi connectivity index (χ3v) is 2.68. The summed E-state index contributed by atoms with van der Waals surface area (Å²) in [6, 6.07) is 5.01.